The smallest absolute Gasteiger partial charge is 0.387 e. The first-order chi connectivity index (χ1) is 12.4. The van der Waals surface area contributed by atoms with Crippen LogP contribution < -0.4 is 14.2 Å². The van der Waals surface area contributed by atoms with Gasteiger partial charge in [0, 0.05) is 11.6 Å². The van der Waals surface area contributed by atoms with Crippen LogP contribution in [0.4, 0.5) is 8.78 Å². The number of rotatable bonds is 6. The molecular weight excluding hydrogens is 346 g/mol. The molecule has 0 atom stereocenters. The number of ether oxygens (including phenoxy) is 3. The van der Waals surface area contributed by atoms with E-state index in [0.29, 0.717) is 11.3 Å². The lowest BCUT2D eigenvalue weighted by atomic mass is 10.1. The van der Waals surface area contributed by atoms with E-state index in [-0.39, 0.29) is 41.0 Å². The summed E-state index contributed by atoms with van der Waals surface area (Å²) in [5.41, 5.74) is 0.607. The van der Waals surface area contributed by atoms with Gasteiger partial charge in [0.05, 0.1) is 5.56 Å². The van der Waals surface area contributed by atoms with Gasteiger partial charge in [0.25, 0.3) is 0 Å². The van der Waals surface area contributed by atoms with E-state index in [4.69, 9.17) is 9.47 Å². The number of alkyl halides is 2. The average molecular weight is 360 g/mol. The molecule has 0 saturated heterocycles. The molecule has 0 fully saturated rings. The molecule has 1 aliphatic heterocycles. The quantitative estimate of drug-likeness (QED) is 0.732. The molecule has 0 saturated carbocycles. The summed E-state index contributed by atoms with van der Waals surface area (Å²) in [7, 11) is 0. The molecule has 0 N–H and O–H groups in total. The molecule has 3 rings (SSSR count). The van der Waals surface area contributed by atoms with Gasteiger partial charge < -0.3 is 14.2 Å². The van der Waals surface area contributed by atoms with E-state index >= 15 is 0 Å². The van der Waals surface area contributed by atoms with Gasteiger partial charge in [0.2, 0.25) is 5.78 Å². The molecule has 1 aliphatic rings. The zero-order valence-electron chi connectivity index (χ0n) is 13.7. The highest BCUT2D eigenvalue weighted by atomic mass is 19.3. The number of hydrogen-bond acceptors (Lipinski definition) is 5. The summed E-state index contributed by atoms with van der Waals surface area (Å²) in [6.07, 6.45) is 1.34. The first kappa shape index (κ1) is 17.6. The predicted molar refractivity (Wildman–Crippen MR) is 88.6 cm³/mol. The van der Waals surface area contributed by atoms with Crippen molar-refractivity contribution in [3.63, 3.8) is 0 Å². The standard InChI is InChI=1S/C19H14F2O5/c1-11(22)10-24-13-6-7-14-16(9-13)25-17(18(14)23)8-12-4-2-3-5-15(12)26-19(20)21/h2-9,19H,10H2,1H3/b17-8-. The third kappa shape index (κ3) is 3.88. The lowest BCUT2D eigenvalue weighted by molar-refractivity contribution is -0.118. The third-order valence-corrected chi connectivity index (χ3v) is 3.51. The molecule has 2 aromatic rings. The van der Waals surface area contributed by atoms with Crippen molar-refractivity contribution in [2.45, 2.75) is 13.5 Å². The molecular formula is C19H14F2O5. The monoisotopic (exact) mass is 360 g/mol. The second-order valence-electron chi connectivity index (χ2n) is 5.50. The number of fused-ring (bicyclic) bond motifs is 1. The topological polar surface area (TPSA) is 61.8 Å². The molecule has 1 heterocycles. The highest BCUT2D eigenvalue weighted by Gasteiger charge is 2.28. The van der Waals surface area contributed by atoms with Gasteiger partial charge in [-0.05, 0) is 31.2 Å². The van der Waals surface area contributed by atoms with E-state index < -0.39 is 6.61 Å². The van der Waals surface area contributed by atoms with E-state index in [1.807, 2.05) is 0 Å². The number of allylic oxidation sites excluding steroid dienone is 1. The van der Waals surface area contributed by atoms with Crippen LogP contribution in [0.2, 0.25) is 0 Å². The molecule has 134 valence electrons. The van der Waals surface area contributed by atoms with Crippen molar-refractivity contribution in [1.82, 2.24) is 0 Å². The zero-order valence-corrected chi connectivity index (χ0v) is 13.7. The summed E-state index contributed by atoms with van der Waals surface area (Å²) in [4.78, 5) is 23.4. The van der Waals surface area contributed by atoms with E-state index in [2.05, 4.69) is 4.74 Å². The molecule has 0 bridgehead atoms. The Labute approximate surface area is 147 Å². The minimum atomic E-state index is -2.98. The van der Waals surface area contributed by atoms with Crippen LogP contribution in [0, 0.1) is 0 Å². The molecule has 5 nitrogen and oxygen atoms in total. The van der Waals surface area contributed by atoms with Gasteiger partial charge in [0.1, 0.15) is 23.9 Å². The van der Waals surface area contributed by atoms with Gasteiger partial charge in [-0.3, -0.25) is 9.59 Å². The van der Waals surface area contributed by atoms with Crippen molar-refractivity contribution in [3.05, 3.63) is 59.4 Å². The van der Waals surface area contributed by atoms with Crippen LogP contribution in [-0.4, -0.2) is 24.8 Å². The number of para-hydroxylation sites is 1. The molecule has 0 radical (unpaired) electrons. The highest BCUT2D eigenvalue weighted by Crippen LogP contribution is 2.35. The molecule has 0 aliphatic carbocycles. The van der Waals surface area contributed by atoms with Crippen molar-refractivity contribution in [1.29, 1.82) is 0 Å². The summed E-state index contributed by atoms with van der Waals surface area (Å²) in [6.45, 7) is -1.67. The number of ketones is 2. The van der Waals surface area contributed by atoms with Crippen molar-refractivity contribution >= 4 is 17.6 Å². The van der Waals surface area contributed by atoms with Crippen LogP contribution >= 0.6 is 0 Å². The van der Waals surface area contributed by atoms with E-state index in [0.717, 1.165) is 0 Å². The highest BCUT2D eigenvalue weighted by molar-refractivity contribution is 6.14. The number of halogens is 2. The first-order valence-electron chi connectivity index (χ1n) is 7.68. The van der Waals surface area contributed by atoms with Gasteiger partial charge in [-0.15, -0.1) is 0 Å². The Hall–Kier alpha value is -3.22. The van der Waals surface area contributed by atoms with Gasteiger partial charge in [0.15, 0.2) is 11.5 Å². The van der Waals surface area contributed by atoms with Crippen molar-refractivity contribution in [2.75, 3.05) is 6.61 Å². The number of Topliss-reactive ketones (excluding diaryl/α,β-unsaturated/α-hetero) is 2. The van der Waals surface area contributed by atoms with Crippen LogP contribution in [0.25, 0.3) is 6.08 Å². The maximum atomic E-state index is 12.5. The van der Waals surface area contributed by atoms with Gasteiger partial charge in [-0.2, -0.15) is 8.78 Å². The molecule has 2 aromatic carbocycles. The normalized spacial score (nSPS) is 14.3. The summed E-state index contributed by atoms with van der Waals surface area (Å²) in [5.74, 6) is 0.0505. The fourth-order valence-electron chi connectivity index (χ4n) is 2.39. The Kier molecular flexibility index (Phi) is 4.97. The second-order valence-corrected chi connectivity index (χ2v) is 5.50. The Balaban J connectivity index is 1.86. The van der Waals surface area contributed by atoms with E-state index in [1.165, 1.54) is 37.3 Å². The Morgan fingerprint density at radius 3 is 2.73 bits per heavy atom. The predicted octanol–water partition coefficient (Wildman–Crippen LogP) is 3.87. The molecule has 0 spiro atoms. The van der Waals surface area contributed by atoms with Crippen LogP contribution in [0.15, 0.2) is 48.2 Å². The van der Waals surface area contributed by atoms with Gasteiger partial charge in [-0.25, -0.2) is 0 Å². The van der Waals surface area contributed by atoms with Crippen LogP contribution in [0.3, 0.4) is 0 Å². The molecule has 0 amide bonds. The summed E-state index contributed by atoms with van der Waals surface area (Å²) in [6, 6.07) is 10.7. The maximum Gasteiger partial charge on any atom is 0.387 e. The lowest BCUT2D eigenvalue weighted by Gasteiger charge is -2.08. The number of benzene rings is 2. The van der Waals surface area contributed by atoms with Crippen molar-refractivity contribution in [2.24, 2.45) is 0 Å². The van der Waals surface area contributed by atoms with Gasteiger partial charge in [-0.1, -0.05) is 18.2 Å². The minimum absolute atomic E-state index is 0.0194. The number of carbonyl (C=O) groups is 2. The minimum Gasteiger partial charge on any atom is -0.486 e. The molecule has 0 aromatic heterocycles. The summed E-state index contributed by atoms with van der Waals surface area (Å²) >= 11 is 0. The maximum absolute atomic E-state index is 12.5. The zero-order chi connectivity index (χ0) is 18.7. The van der Waals surface area contributed by atoms with E-state index in [1.54, 1.807) is 18.2 Å². The fourth-order valence-corrected chi connectivity index (χ4v) is 2.39. The number of carbonyl (C=O) groups excluding carboxylic acids is 2. The van der Waals surface area contributed by atoms with Crippen LogP contribution in [-0.2, 0) is 4.79 Å². The first-order valence-corrected chi connectivity index (χ1v) is 7.68. The average Bonchev–Trinajstić information content (AvgIpc) is 2.90. The SMILES string of the molecule is CC(=O)COc1ccc2c(c1)O/C(=C\c1ccccc1OC(F)F)C2=O. The van der Waals surface area contributed by atoms with Crippen molar-refractivity contribution in [3.8, 4) is 17.2 Å². The summed E-state index contributed by atoms with van der Waals surface area (Å²) < 4.78 is 40.3. The molecule has 7 heteroatoms. The molecule has 26 heavy (non-hydrogen) atoms. The molecule has 0 unspecified atom stereocenters. The van der Waals surface area contributed by atoms with E-state index in [9.17, 15) is 18.4 Å². The number of hydrogen-bond donors (Lipinski definition) is 0. The Morgan fingerprint density at radius 1 is 1.23 bits per heavy atom. The van der Waals surface area contributed by atoms with Crippen LogP contribution in [0.1, 0.15) is 22.8 Å². The van der Waals surface area contributed by atoms with Crippen molar-refractivity contribution < 1.29 is 32.6 Å². The largest absolute Gasteiger partial charge is 0.486 e. The second kappa shape index (κ2) is 7.35. The Bertz CT molecular complexity index is 889. The summed E-state index contributed by atoms with van der Waals surface area (Å²) in [5, 5.41) is 0. The Morgan fingerprint density at radius 2 is 2.00 bits per heavy atom. The fraction of sp³-hybridized carbons (Fsp3) is 0.158. The van der Waals surface area contributed by atoms with Gasteiger partial charge >= 0.3 is 6.61 Å². The van der Waals surface area contributed by atoms with Crippen LogP contribution in [0.5, 0.6) is 17.2 Å². The lowest BCUT2D eigenvalue weighted by Crippen LogP contribution is -2.06. The third-order valence-electron chi connectivity index (χ3n) is 3.51.